The van der Waals surface area contributed by atoms with Crippen LogP contribution in [0.25, 0.3) is 11.0 Å². The van der Waals surface area contributed by atoms with E-state index in [1.807, 2.05) is 36.6 Å². The van der Waals surface area contributed by atoms with Gasteiger partial charge in [-0.05, 0) is 26.0 Å². The van der Waals surface area contributed by atoms with Gasteiger partial charge in [-0.15, -0.1) is 0 Å². The number of aromatic nitrogens is 3. The highest BCUT2D eigenvalue weighted by atomic mass is 16.5. The minimum Gasteiger partial charge on any atom is -0.497 e. The van der Waals surface area contributed by atoms with Crippen LogP contribution in [0.1, 0.15) is 17.0 Å². The molecule has 6 heteroatoms. The third-order valence-corrected chi connectivity index (χ3v) is 3.48. The summed E-state index contributed by atoms with van der Waals surface area (Å²) in [6.45, 7) is 4.41. The van der Waals surface area contributed by atoms with E-state index in [1.165, 1.54) is 0 Å². The Morgan fingerprint density at radius 1 is 1.35 bits per heavy atom. The van der Waals surface area contributed by atoms with Gasteiger partial charge in [-0.3, -0.25) is 0 Å². The summed E-state index contributed by atoms with van der Waals surface area (Å²) in [5.41, 5.74) is 9.70. The number of aryl methyl sites for hydroxylation is 2. The standard InChI is InChI=1S/C14H16N4O2/c1-8-11(9(2)20-17-8)7-18-13-5-4-10(19-3)6-12(13)16-14(18)15/h4-6H,7H2,1-3H3,(H2,15,16). The molecule has 3 aromatic rings. The van der Waals surface area contributed by atoms with E-state index in [2.05, 4.69) is 10.1 Å². The van der Waals surface area contributed by atoms with Gasteiger partial charge < -0.3 is 19.6 Å². The lowest BCUT2D eigenvalue weighted by molar-refractivity contribution is 0.392. The molecule has 0 fully saturated rings. The second kappa shape index (κ2) is 4.56. The number of methoxy groups -OCH3 is 1. The van der Waals surface area contributed by atoms with Gasteiger partial charge in [0.05, 0.1) is 30.4 Å². The van der Waals surface area contributed by atoms with Gasteiger partial charge in [0.15, 0.2) is 0 Å². The molecule has 0 aliphatic carbocycles. The van der Waals surface area contributed by atoms with Crippen molar-refractivity contribution in [3.63, 3.8) is 0 Å². The molecule has 2 N–H and O–H groups in total. The fraction of sp³-hybridized carbons (Fsp3) is 0.286. The Balaban J connectivity index is 2.10. The topological polar surface area (TPSA) is 79.1 Å². The quantitative estimate of drug-likeness (QED) is 0.791. The zero-order valence-electron chi connectivity index (χ0n) is 11.7. The Morgan fingerprint density at radius 2 is 2.15 bits per heavy atom. The Bertz CT molecular complexity index is 753. The summed E-state index contributed by atoms with van der Waals surface area (Å²) in [4.78, 5) is 4.37. The highest BCUT2D eigenvalue weighted by molar-refractivity contribution is 5.80. The Hall–Kier alpha value is -2.50. The number of nitrogen functional groups attached to an aromatic ring is 1. The van der Waals surface area contributed by atoms with Gasteiger partial charge in [0.1, 0.15) is 11.5 Å². The Kier molecular flexibility index (Phi) is 2.85. The number of ether oxygens (including phenoxy) is 1. The molecule has 0 aliphatic rings. The van der Waals surface area contributed by atoms with Gasteiger partial charge in [-0.1, -0.05) is 5.16 Å². The zero-order valence-corrected chi connectivity index (χ0v) is 11.7. The van der Waals surface area contributed by atoms with Crippen LogP contribution in [0.15, 0.2) is 22.7 Å². The van der Waals surface area contributed by atoms with E-state index in [0.29, 0.717) is 12.5 Å². The molecule has 0 saturated heterocycles. The first kappa shape index (κ1) is 12.5. The lowest BCUT2D eigenvalue weighted by Crippen LogP contribution is -2.05. The van der Waals surface area contributed by atoms with Crippen LogP contribution >= 0.6 is 0 Å². The van der Waals surface area contributed by atoms with Crippen LogP contribution in [0.2, 0.25) is 0 Å². The van der Waals surface area contributed by atoms with Crippen LogP contribution in [0, 0.1) is 13.8 Å². The minimum absolute atomic E-state index is 0.466. The number of rotatable bonds is 3. The van der Waals surface area contributed by atoms with E-state index in [-0.39, 0.29) is 0 Å². The molecule has 0 bridgehead atoms. The van der Waals surface area contributed by atoms with Gasteiger partial charge in [0.25, 0.3) is 0 Å². The molecule has 2 heterocycles. The first-order valence-corrected chi connectivity index (χ1v) is 6.31. The maximum Gasteiger partial charge on any atom is 0.201 e. The smallest absolute Gasteiger partial charge is 0.201 e. The van der Waals surface area contributed by atoms with E-state index >= 15 is 0 Å². The molecule has 0 unspecified atom stereocenters. The van der Waals surface area contributed by atoms with Crippen LogP contribution in [-0.2, 0) is 6.54 Å². The molecule has 0 radical (unpaired) electrons. The lowest BCUT2D eigenvalue weighted by Gasteiger charge is -2.06. The Labute approximate surface area is 116 Å². The number of benzene rings is 1. The number of imidazole rings is 1. The monoisotopic (exact) mass is 272 g/mol. The van der Waals surface area contributed by atoms with Gasteiger partial charge in [-0.25, -0.2) is 4.98 Å². The summed E-state index contributed by atoms with van der Waals surface area (Å²) < 4.78 is 12.3. The van der Waals surface area contributed by atoms with E-state index in [1.54, 1.807) is 7.11 Å². The SMILES string of the molecule is COc1ccc2c(c1)nc(N)n2Cc1c(C)noc1C. The summed E-state index contributed by atoms with van der Waals surface area (Å²) in [6.07, 6.45) is 0. The summed E-state index contributed by atoms with van der Waals surface area (Å²) >= 11 is 0. The summed E-state index contributed by atoms with van der Waals surface area (Å²) in [6, 6.07) is 5.72. The van der Waals surface area contributed by atoms with E-state index < -0.39 is 0 Å². The van der Waals surface area contributed by atoms with E-state index in [0.717, 1.165) is 33.8 Å². The third-order valence-electron chi connectivity index (χ3n) is 3.48. The summed E-state index contributed by atoms with van der Waals surface area (Å²) in [5.74, 6) is 2.03. The predicted molar refractivity (Wildman–Crippen MR) is 75.8 cm³/mol. The molecule has 1 aromatic carbocycles. The molecule has 0 saturated carbocycles. The normalized spacial score (nSPS) is 11.2. The second-order valence-corrected chi connectivity index (χ2v) is 4.71. The van der Waals surface area contributed by atoms with Crippen LogP contribution in [0.3, 0.4) is 0 Å². The average molecular weight is 272 g/mol. The fourth-order valence-electron chi connectivity index (χ4n) is 2.31. The molecule has 2 aromatic heterocycles. The molecule has 3 rings (SSSR count). The van der Waals surface area contributed by atoms with Crippen molar-refractivity contribution >= 4 is 17.0 Å². The van der Waals surface area contributed by atoms with E-state index in [9.17, 15) is 0 Å². The fourth-order valence-corrected chi connectivity index (χ4v) is 2.31. The maximum absolute atomic E-state index is 6.02. The number of fused-ring (bicyclic) bond motifs is 1. The number of hydrogen-bond acceptors (Lipinski definition) is 5. The van der Waals surface area contributed by atoms with Gasteiger partial charge >= 0.3 is 0 Å². The first-order valence-electron chi connectivity index (χ1n) is 6.31. The van der Waals surface area contributed by atoms with Crippen molar-refractivity contribution in [3.8, 4) is 5.75 Å². The Morgan fingerprint density at radius 3 is 2.80 bits per heavy atom. The van der Waals surface area contributed by atoms with Crippen molar-refractivity contribution in [2.45, 2.75) is 20.4 Å². The van der Waals surface area contributed by atoms with Crippen LogP contribution in [-0.4, -0.2) is 21.8 Å². The highest BCUT2D eigenvalue weighted by Gasteiger charge is 2.14. The average Bonchev–Trinajstić information content (AvgIpc) is 2.92. The molecule has 6 nitrogen and oxygen atoms in total. The molecular weight excluding hydrogens is 256 g/mol. The number of nitrogens with two attached hydrogens (primary N) is 1. The molecule has 20 heavy (non-hydrogen) atoms. The van der Waals surface area contributed by atoms with Crippen molar-refractivity contribution in [1.29, 1.82) is 0 Å². The molecule has 0 amide bonds. The van der Waals surface area contributed by atoms with Crippen molar-refractivity contribution in [1.82, 2.24) is 14.7 Å². The summed E-state index contributed by atoms with van der Waals surface area (Å²) in [5, 5.41) is 3.96. The zero-order chi connectivity index (χ0) is 14.3. The maximum atomic E-state index is 6.02. The van der Waals surface area contributed by atoms with Gasteiger partial charge in [0, 0.05) is 11.6 Å². The minimum atomic E-state index is 0.466. The van der Waals surface area contributed by atoms with Crippen LogP contribution in [0.4, 0.5) is 5.95 Å². The molecule has 0 aliphatic heterocycles. The second-order valence-electron chi connectivity index (χ2n) is 4.71. The van der Waals surface area contributed by atoms with Crippen molar-refractivity contribution in [2.24, 2.45) is 0 Å². The molecule has 0 atom stereocenters. The number of anilines is 1. The van der Waals surface area contributed by atoms with Crippen molar-refractivity contribution in [3.05, 3.63) is 35.2 Å². The largest absolute Gasteiger partial charge is 0.497 e. The predicted octanol–water partition coefficient (Wildman–Crippen LogP) is 2.28. The molecular formula is C14H16N4O2. The first-order chi connectivity index (χ1) is 9.60. The third kappa shape index (κ3) is 1.89. The summed E-state index contributed by atoms with van der Waals surface area (Å²) in [7, 11) is 1.63. The van der Waals surface area contributed by atoms with Gasteiger partial charge in [-0.2, -0.15) is 0 Å². The lowest BCUT2D eigenvalue weighted by atomic mass is 10.2. The number of nitrogens with zero attached hydrogens (tertiary/aromatic N) is 3. The number of hydrogen-bond donors (Lipinski definition) is 1. The van der Waals surface area contributed by atoms with Crippen molar-refractivity contribution < 1.29 is 9.26 Å². The molecule has 0 spiro atoms. The van der Waals surface area contributed by atoms with E-state index in [4.69, 9.17) is 15.0 Å². The highest BCUT2D eigenvalue weighted by Crippen LogP contribution is 2.25. The molecule has 104 valence electrons. The van der Waals surface area contributed by atoms with Crippen molar-refractivity contribution in [2.75, 3.05) is 12.8 Å². The van der Waals surface area contributed by atoms with Crippen LogP contribution < -0.4 is 10.5 Å². The van der Waals surface area contributed by atoms with Crippen LogP contribution in [0.5, 0.6) is 5.75 Å². The van der Waals surface area contributed by atoms with Gasteiger partial charge in [0.2, 0.25) is 5.95 Å².